The van der Waals surface area contributed by atoms with Gasteiger partial charge in [-0.25, -0.2) is 4.79 Å². The number of nitrogens with zero attached hydrogens (tertiary/aromatic N) is 2. The number of carboxylic acid groups (broad SMARTS) is 1. The molecule has 0 atom stereocenters. The highest BCUT2D eigenvalue weighted by molar-refractivity contribution is 6.01. The standard InChI is InChI=1S/C15H26N2O3/c1-11(12(2)15(19)20)14(18)17(10-9-16(3)4)13-7-5-6-8-13/h13H,5-10H2,1-4H3,(H,19,20). The second kappa shape index (κ2) is 7.43. The van der Waals surface area contributed by atoms with E-state index in [4.69, 9.17) is 5.11 Å². The molecular formula is C15H26N2O3. The van der Waals surface area contributed by atoms with Crippen molar-refractivity contribution < 1.29 is 14.7 Å². The molecule has 5 nitrogen and oxygen atoms in total. The van der Waals surface area contributed by atoms with Gasteiger partial charge in [-0.15, -0.1) is 0 Å². The number of carbonyl (C=O) groups excluding carboxylic acids is 1. The van der Waals surface area contributed by atoms with E-state index >= 15 is 0 Å². The average Bonchev–Trinajstić information content (AvgIpc) is 2.90. The van der Waals surface area contributed by atoms with Crippen molar-refractivity contribution in [3.8, 4) is 0 Å². The van der Waals surface area contributed by atoms with Crippen molar-refractivity contribution in [2.45, 2.75) is 45.6 Å². The van der Waals surface area contributed by atoms with Gasteiger partial charge in [0.05, 0.1) is 0 Å². The largest absolute Gasteiger partial charge is 0.478 e. The predicted octanol–water partition coefficient (Wildman–Crippen LogP) is 1.74. The third-order valence-corrected chi connectivity index (χ3v) is 4.02. The van der Waals surface area contributed by atoms with Crippen LogP contribution in [0.4, 0.5) is 0 Å². The molecule has 1 aliphatic carbocycles. The zero-order valence-corrected chi connectivity index (χ0v) is 13.0. The van der Waals surface area contributed by atoms with Crippen LogP contribution >= 0.6 is 0 Å². The first-order chi connectivity index (χ1) is 9.34. The van der Waals surface area contributed by atoms with Crippen LogP contribution in [0.15, 0.2) is 11.1 Å². The zero-order valence-electron chi connectivity index (χ0n) is 13.0. The maximum absolute atomic E-state index is 12.6. The molecule has 1 aliphatic rings. The van der Waals surface area contributed by atoms with E-state index in [-0.39, 0.29) is 17.5 Å². The van der Waals surface area contributed by atoms with Crippen molar-refractivity contribution in [1.29, 1.82) is 0 Å². The summed E-state index contributed by atoms with van der Waals surface area (Å²) in [6.45, 7) is 4.56. The number of carboxylic acids is 1. The van der Waals surface area contributed by atoms with Gasteiger partial charge >= 0.3 is 5.97 Å². The Kier molecular flexibility index (Phi) is 6.20. The van der Waals surface area contributed by atoms with E-state index in [0.29, 0.717) is 12.1 Å². The van der Waals surface area contributed by atoms with Crippen molar-refractivity contribution in [2.75, 3.05) is 27.2 Å². The highest BCUT2D eigenvalue weighted by Gasteiger charge is 2.28. The maximum Gasteiger partial charge on any atom is 0.331 e. The Morgan fingerprint density at radius 1 is 1.05 bits per heavy atom. The fraction of sp³-hybridized carbons (Fsp3) is 0.733. The maximum atomic E-state index is 12.6. The van der Waals surface area contributed by atoms with Gasteiger partial charge in [-0.2, -0.15) is 0 Å². The van der Waals surface area contributed by atoms with Crippen molar-refractivity contribution in [2.24, 2.45) is 0 Å². The Balaban J connectivity index is 2.88. The molecule has 0 radical (unpaired) electrons. The van der Waals surface area contributed by atoms with Crippen LogP contribution in [0.5, 0.6) is 0 Å². The zero-order chi connectivity index (χ0) is 15.3. The molecule has 0 heterocycles. The first kappa shape index (κ1) is 16.7. The highest BCUT2D eigenvalue weighted by Crippen LogP contribution is 2.25. The van der Waals surface area contributed by atoms with Crippen LogP contribution in [0, 0.1) is 0 Å². The number of hydrogen-bond acceptors (Lipinski definition) is 3. The van der Waals surface area contributed by atoms with Gasteiger partial charge in [0, 0.05) is 30.3 Å². The molecule has 0 aliphatic heterocycles. The molecule has 20 heavy (non-hydrogen) atoms. The molecule has 1 fully saturated rings. The summed E-state index contributed by atoms with van der Waals surface area (Å²) < 4.78 is 0. The van der Waals surface area contributed by atoms with Crippen molar-refractivity contribution >= 4 is 11.9 Å². The van der Waals surface area contributed by atoms with E-state index in [0.717, 1.165) is 32.2 Å². The normalized spacial score (nSPS) is 17.2. The van der Waals surface area contributed by atoms with Crippen molar-refractivity contribution in [3.05, 3.63) is 11.1 Å². The Morgan fingerprint density at radius 2 is 1.60 bits per heavy atom. The van der Waals surface area contributed by atoms with E-state index in [1.165, 1.54) is 6.92 Å². The minimum atomic E-state index is -1.02. The van der Waals surface area contributed by atoms with Gasteiger partial charge in [0.2, 0.25) is 5.91 Å². The van der Waals surface area contributed by atoms with Crippen LogP contribution in [-0.2, 0) is 9.59 Å². The number of amides is 1. The van der Waals surface area contributed by atoms with Gasteiger partial charge in [-0.3, -0.25) is 4.79 Å². The smallest absolute Gasteiger partial charge is 0.331 e. The Morgan fingerprint density at radius 3 is 2.05 bits per heavy atom. The van der Waals surface area contributed by atoms with Gasteiger partial charge in [-0.1, -0.05) is 12.8 Å². The second-order valence-corrected chi connectivity index (χ2v) is 5.80. The van der Waals surface area contributed by atoms with Gasteiger partial charge in [-0.05, 0) is 40.8 Å². The Bertz CT molecular complexity index is 396. The summed E-state index contributed by atoms with van der Waals surface area (Å²) in [6.07, 6.45) is 4.35. The van der Waals surface area contributed by atoms with Crippen LogP contribution in [0.25, 0.3) is 0 Å². The lowest BCUT2D eigenvalue weighted by Gasteiger charge is -2.30. The molecule has 0 aromatic heterocycles. The first-order valence-electron chi connectivity index (χ1n) is 7.21. The van der Waals surface area contributed by atoms with Gasteiger partial charge < -0.3 is 14.9 Å². The lowest BCUT2D eigenvalue weighted by molar-refractivity contribution is -0.134. The van der Waals surface area contributed by atoms with Crippen LogP contribution in [0.1, 0.15) is 39.5 Å². The molecule has 1 amide bonds. The Hall–Kier alpha value is -1.36. The quantitative estimate of drug-likeness (QED) is 0.754. The molecule has 1 saturated carbocycles. The van der Waals surface area contributed by atoms with Crippen molar-refractivity contribution in [3.63, 3.8) is 0 Å². The Labute approximate surface area is 121 Å². The third-order valence-electron chi connectivity index (χ3n) is 4.02. The predicted molar refractivity (Wildman–Crippen MR) is 78.5 cm³/mol. The molecule has 1 rings (SSSR count). The molecule has 114 valence electrons. The molecule has 0 saturated heterocycles. The number of aliphatic carboxylic acids is 1. The molecule has 0 unspecified atom stereocenters. The summed E-state index contributed by atoms with van der Waals surface area (Å²) in [4.78, 5) is 27.5. The summed E-state index contributed by atoms with van der Waals surface area (Å²) in [5.74, 6) is -1.14. The van der Waals surface area contributed by atoms with E-state index in [9.17, 15) is 9.59 Å². The average molecular weight is 282 g/mol. The summed E-state index contributed by atoms with van der Waals surface area (Å²) in [6, 6.07) is 0.263. The lowest BCUT2D eigenvalue weighted by atomic mass is 10.1. The van der Waals surface area contributed by atoms with E-state index < -0.39 is 5.97 Å². The molecule has 0 bridgehead atoms. The van der Waals surface area contributed by atoms with E-state index in [1.54, 1.807) is 6.92 Å². The summed E-state index contributed by atoms with van der Waals surface area (Å²) >= 11 is 0. The summed E-state index contributed by atoms with van der Waals surface area (Å²) in [5.41, 5.74) is 0.492. The molecule has 0 aromatic rings. The number of hydrogen-bond donors (Lipinski definition) is 1. The van der Waals surface area contributed by atoms with Crippen LogP contribution < -0.4 is 0 Å². The minimum Gasteiger partial charge on any atom is -0.478 e. The molecule has 0 spiro atoms. The number of rotatable bonds is 6. The minimum absolute atomic E-state index is 0.126. The molecule has 1 N–H and O–H groups in total. The monoisotopic (exact) mass is 282 g/mol. The fourth-order valence-corrected chi connectivity index (χ4v) is 2.51. The highest BCUT2D eigenvalue weighted by atomic mass is 16.4. The number of carbonyl (C=O) groups is 2. The SMILES string of the molecule is CC(C(=O)O)=C(C)C(=O)N(CCN(C)C)C1CCCC1. The molecular weight excluding hydrogens is 256 g/mol. The third kappa shape index (κ3) is 4.34. The number of likely N-dealkylation sites (N-methyl/N-ethyl adjacent to an activating group) is 1. The van der Waals surface area contributed by atoms with Crippen LogP contribution in [-0.4, -0.2) is 60.0 Å². The van der Waals surface area contributed by atoms with Crippen LogP contribution in [0.3, 0.4) is 0 Å². The van der Waals surface area contributed by atoms with E-state index in [1.807, 2.05) is 23.9 Å². The van der Waals surface area contributed by atoms with Gasteiger partial charge in [0.1, 0.15) is 0 Å². The fourth-order valence-electron chi connectivity index (χ4n) is 2.51. The molecule has 5 heteroatoms. The topological polar surface area (TPSA) is 60.9 Å². The molecule has 0 aromatic carbocycles. The first-order valence-corrected chi connectivity index (χ1v) is 7.21. The van der Waals surface area contributed by atoms with Crippen LogP contribution in [0.2, 0.25) is 0 Å². The van der Waals surface area contributed by atoms with E-state index in [2.05, 4.69) is 0 Å². The lowest BCUT2D eigenvalue weighted by Crippen LogP contribution is -2.43. The summed E-state index contributed by atoms with van der Waals surface area (Å²) in [7, 11) is 3.95. The van der Waals surface area contributed by atoms with Gasteiger partial charge in [0.15, 0.2) is 0 Å². The van der Waals surface area contributed by atoms with Crippen molar-refractivity contribution in [1.82, 2.24) is 9.80 Å². The summed E-state index contributed by atoms with van der Waals surface area (Å²) in [5, 5.41) is 9.03. The van der Waals surface area contributed by atoms with Gasteiger partial charge in [0.25, 0.3) is 0 Å². The second-order valence-electron chi connectivity index (χ2n) is 5.80.